The zero-order valence-electron chi connectivity index (χ0n) is 8.98. The summed E-state index contributed by atoms with van der Waals surface area (Å²) in [4.78, 5) is 11.2. The van der Waals surface area contributed by atoms with Crippen molar-refractivity contribution in [1.82, 2.24) is 15.1 Å². The number of halogens is 1. The van der Waals surface area contributed by atoms with E-state index >= 15 is 0 Å². The second-order valence-corrected chi connectivity index (χ2v) is 5.09. The van der Waals surface area contributed by atoms with Gasteiger partial charge in [0.25, 0.3) is 0 Å². The SMILES string of the molecule is CNC1(C(=O)O)CCC(n2cc(Br)cn2)C1. The van der Waals surface area contributed by atoms with E-state index in [9.17, 15) is 9.90 Å². The van der Waals surface area contributed by atoms with Crippen molar-refractivity contribution in [2.24, 2.45) is 0 Å². The topological polar surface area (TPSA) is 67.2 Å². The molecule has 0 bridgehead atoms. The van der Waals surface area contributed by atoms with Gasteiger partial charge in [0, 0.05) is 6.20 Å². The van der Waals surface area contributed by atoms with Crippen LogP contribution in [0, 0.1) is 0 Å². The third-order valence-corrected chi connectivity index (χ3v) is 3.73. The van der Waals surface area contributed by atoms with Gasteiger partial charge in [0.1, 0.15) is 5.54 Å². The third kappa shape index (κ3) is 1.87. The maximum Gasteiger partial charge on any atom is 0.323 e. The molecule has 0 amide bonds. The second kappa shape index (κ2) is 4.18. The molecular weight excluding hydrogens is 274 g/mol. The molecule has 5 nitrogen and oxygen atoms in total. The first-order valence-electron chi connectivity index (χ1n) is 5.19. The molecule has 0 spiro atoms. The zero-order chi connectivity index (χ0) is 11.8. The lowest BCUT2D eigenvalue weighted by molar-refractivity contribution is -0.144. The minimum Gasteiger partial charge on any atom is -0.480 e. The molecule has 1 aromatic rings. The molecule has 1 fully saturated rings. The molecule has 0 saturated heterocycles. The monoisotopic (exact) mass is 287 g/mol. The van der Waals surface area contributed by atoms with Crippen molar-refractivity contribution < 1.29 is 9.90 Å². The van der Waals surface area contributed by atoms with Crippen LogP contribution in [0.15, 0.2) is 16.9 Å². The molecular formula is C10H14BrN3O2. The van der Waals surface area contributed by atoms with Crippen LogP contribution in [0.4, 0.5) is 0 Å². The standard InChI is InChI=1S/C10H14BrN3O2/c1-12-10(9(15)16)3-2-8(4-10)14-6-7(11)5-13-14/h5-6,8,12H,2-4H2,1H3,(H,15,16). The lowest BCUT2D eigenvalue weighted by Gasteiger charge is -2.23. The lowest BCUT2D eigenvalue weighted by Crippen LogP contribution is -2.48. The number of hydrogen-bond acceptors (Lipinski definition) is 3. The van der Waals surface area contributed by atoms with Crippen LogP contribution in [0.1, 0.15) is 25.3 Å². The molecule has 1 saturated carbocycles. The van der Waals surface area contributed by atoms with Crippen LogP contribution in [0.3, 0.4) is 0 Å². The van der Waals surface area contributed by atoms with E-state index in [4.69, 9.17) is 0 Å². The van der Waals surface area contributed by atoms with E-state index in [2.05, 4.69) is 26.3 Å². The van der Waals surface area contributed by atoms with Crippen molar-refractivity contribution in [2.45, 2.75) is 30.8 Å². The van der Waals surface area contributed by atoms with Gasteiger partial charge in [0.2, 0.25) is 0 Å². The Bertz CT molecular complexity index is 407. The zero-order valence-corrected chi connectivity index (χ0v) is 10.6. The first kappa shape index (κ1) is 11.6. The van der Waals surface area contributed by atoms with Crippen LogP contribution in [0.5, 0.6) is 0 Å². The number of carboxylic acid groups (broad SMARTS) is 1. The molecule has 1 aromatic heterocycles. The summed E-state index contributed by atoms with van der Waals surface area (Å²) in [6, 6.07) is 0.162. The third-order valence-electron chi connectivity index (χ3n) is 3.32. The van der Waals surface area contributed by atoms with Crippen molar-refractivity contribution in [3.8, 4) is 0 Å². The number of likely N-dealkylation sites (N-methyl/N-ethyl adjacent to an activating group) is 1. The number of hydrogen-bond donors (Lipinski definition) is 2. The van der Waals surface area contributed by atoms with Crippen molar-refractivity contribution in [1.29, 1.82) is 0 Å². The van der Waals surface area contributed by atoms with Gasteiger partial charge in [-0.05, 0) is 42.2 Å². The van der Waals surface area contributed by atoms with E-state index in [1.165, 1.54) is 0 Å². The number of rotatable bonds is 3. The maximum atomic E-state index is 11.2. The van der Waals surface area contributed by atoms with Crippen molar-refractivity contribution in [2.75, 3.05) is 7.05 Å². The quantitative estimate of drug-likeness (QED) is 0.882. The Morgan fingerprint density at radius 3 is 3.00 bits per heavy atom. The molecule has 1 heterocycles. The van der Waals surface area contributed by atoms with E-state index in [1.807, 2.05) is 10.9 Å². The number of carboxylic acids is 1. The summed E-state index contributed by atoms with van der Waals surface area (Å²) in [5, 5.41) is 16.4. The first-order chi connectivity index (χ1) is 7.57. The van der Waals surface area contributed by atoms with E-state index in [1.54, 1.807) is 13.2 Å². The summed E-state index contributed by atoms with van der Waals surface area (Å²) < 4.78 is 2.76. The van der Waals surface area contributed by atoms with Gasteiger partial charge in [-0.3, -0.25) is 9.48 Å². The largest absolute Gasteiger partial charge is 0.480 e. The Hall–Kier alpha value is -0.880. The fraction of sp³-hybridized carbons (Fsp3) is 0.600. The van der Waals surface area contributed by atoms with E-state index in [0.717, 1.165) is 10.9 Å². The normalized spacial score (nSPS) is 29.5. The molecule has 2 N–H and O–H groups in total. The van der Waals surface area contributed by atoms with Gasteiger partial charge >= 0.3 is 5.97 Å². The highest BCUT2D eigenvalue weighted by Gasteiger charge is 2.45. The van der Waals surface area contributed by atoms with Crippen molar-refractivity contribution in [3.05, 3.63) is 16.9 Å². The van der Waals surface area contributed by atoms with Gasteiger partial charge in [0.05, 0.1) is 16.7 Å². The van der Waals surface area contributed by atoms with Crippen LogP contribution in [0.25, 0.3) is 0 Å². The minimum absolute atomic E-state index is 0.162. The van der Waals surface area contributed by atoms with Gasteiger partial charge in [-0.15, -0.1) is 0 Å². The average Bonchev–Trinajstić information content (AvgIpc) is 2.84. The van der Waals surface area contributed by atoms with Crippen molar-refractivity contribution >= 4 is 21.9 Å². The van der Waals surface area contributed by atoms with Crippen LogP contribution in [0.2, 0.25) is 0 Å². The van der Waals surface area contributed by atoms with Crippen LogP contribution < -0.4 is 5.32 Å². The number of aliphatic carboxylic acids is 1. The van der Waals surface area contributed by atoms with Crippen LogP contribution >= 0.6 is 15.9 Å². The Morgan fingerprint density at radius 2 is 2.56 bits per heavy atom. The smallest absolute Gasteiger partial charge is 0.323 e. The summed E-state index contributed by atoms with van der Waals surface area (Å²) in [6.07, 6.45) is 5.66. The van der Waals surface area contributed by atoms with Crippen LogP contribution in [-0.2, 0) is 4.79 Å². The van der Waals surface area contributed by atoms with Gasteiger partial charge in [-0.2, -0.15) is 5.10 Å². The molecule has 88 valence electrons. The van der Waals surface area contributed by atoms with Crippen LogP contribution in [-0.4, -0.2) is 33.4 Å². The maximum absolute atomic E-state index is 11.2. The Kier molecular flexibility index (Phi) is 3.03. The number of aromatic nitrogens is 2. The van der Waals surface area contributed by atoms with Gasteiger partial charge in [-0.1, -0.05) is 0 Å². The average molecular weight is 288 g/mol. The molecule has 2 unspecified atom stereocenters. The fourth-order valence-electron chi connectivity index (χ4n) is 2.29. The van der Waals surface area contributed by atoms with Crippen molar-refractivity contribution in [3.63, 3.8) is 0 Å². The molecule has 6 heteroatoms. The molecule has 16 heavy (non-hydrogen) atoms. The van der Waals surface area contributed by atoms with E-state index in [-0.39, 0.29) is 6.04 Å². The Labute approximate surface area is 102 Å². The first-order valence-corrected chi connectivity index (χ1v) is 5.99. The second-order valence-electron chi connectivity index (χ2n) is 4.17. The number of nitrogens with one attached hydrogen (secondary N) is 1. The van der Waals surface area contributed by atoms with E-state index in [0.29, 0.717) is 12.8 Å². The predicted octanol–water partition coefficient (Wildman–Crippen LogP) is 1.41. The summed E-state index contributed by atoms with van der Waals surface area (Å²) in [6.45, 7) is 0. The fourth-order valence-corrected chi connectivity index (χ4v) is 2.59. The number of carbonyl (C=O) groups is 1. The lowest BCUT2D eigenvalue weighted by atomic mass is 9.98. The molecule has 1 aliphatic carbocycles. The summed E-state index contributed by atoms with van der Waals surface area (Å²) in [7, 11) is 1.70. The molecule has 2 rings (SSSR count). The molecule has 0 aromatic carbocycles. The minimum atomic E-state index is -0.789. The summed E-state index contributed by atoms with van der Waals surface area (Å²) >= 11 is 3.34. The van der Waals surface area contributed by atoms with Gasteiger partial charge in [-0.25, -0.2) is 0 Å². The highest BCUT2D eigenvalue weighted by Crippen LogP contribution is 2.37. The summed E-state index contributed by atoms with van der Waals surface area (Å²) in [5.41, 5.74) is -0.789. The molecule has 0 aliphatic heterocycles. The molecule has 1 aliphatic rings. The Morgan fingerprint density at radius 1 is 1.81 bits per heavy atom. The highest BCUT2D eigenvalue weighted by molar-refractivity contribution is 9.10. The molecule has 2 atom stereocenters. The molecule has 0 radical (unpaired) electrons. The van der Waals surface area contributed by atoms with Gasteiger partial charge in [0.15, 0.2) is 0 Å². The summed E-state index contributed by atoms with van der Waals surface area (Å²) in [5.74, 6) is -0.774. The Balaban J connectivity index is 2.16. The van der Waals surface area contributed by atoms with E-state index < -0.39 is 11.5 Å². The predicted molar refractivity (Wildman–Crippen MR) is 62.2 cm³/mol. The van der Waals surface area contributed by atoms with Gasteiger partial charge < -0.3 is 10.4 Å². The number of nitrogens with zero attached hydrogens (tertiary/aromatic N) is 2. The highest BCUT2D eigenvalue weighted by atomic mass is 79.9.